The van der Waals surface area contributed by atoms with E-state index < -0.39 is 0 Å². The predicted molar refractivity (Wildman–Crippen MR) is 94.0 cm³/mol. The fourth-order valence-corrected chi connectivity index (χ4v) is 2.30. The van der Waals surface area contributed by atoms with Gasteiger partial charge in [-0.25, -0.2) is 0 Å². The monoisotopic (exact) mass is 323 g/mol. The Labute approximate surface area is 141 Å². The highest BCUT2D eigenvalue weighted by atomic mass is 16.5. The molecule has 1 heterocycles. The number of benzene rings is 2. The Bertz CT molecular complexity index is 797. The number of aromatic nitrogens is 2. The van der Waals surface area contributed by atoms with Crippen LogP contribution in [0.25, 0.3) is 22.8 Å². The van der Waals surface area contributed by atoms with Gasteiger partial charge in [0.15, 0.2) is 0 Å². The molecule has 0 bridgehead atoms. The van der Waals surface area contributed by atoms with Gasteiger partial charge in [-0.3, -0.25) is 0 Å². The van der Waals surface area contributed by atoms with Crippen molar-refractivity contribution in [3.63, 3.8) is 0 Å². The zero-order chi connectivity index (χ0) is 16.9. The van der Waals surface area contributed by atoms with Gasteiger partial charge in [0, 0.05) is 12.1 Å². The van der Waals surface area contributed by atoms with E-state index in [1.165, 1.54) is 0 Å². The summed E-state index contributed by atoms with van der Waals surface area (Å²) in [5.41, 5.74) is 2.87. The summed E-state index contributed by atoms with van der Waals surface area (Å²) in [5.74, 6) is 1.80. The Kier molecular flexibility index (Phi) is 4.91. The summed E-state index contributed by atoms with van der Waals surface area (Å²) in [6.45, 7) is 3.47. The summed E-state index contributed by atoms with van der Waals surface area (Å²) in [7, 11) is 4.04. The largest absolute Gasteiger partial charge is 0.491 e. The van der Waals surface area contributed by atoms with Crippen LogP contribution in [0.3, 0.4) is 0 Å². The number of likely N-dealkylation sites (N-methyl/N-ethyl adjacent to an activating group) is 1. The molecule has 0 saturated heterocycles. The zero-order valence-corrected chi connectivity index (χ0v) is 14.2. The number of rotatable bonds is 6. The highest BCUT2D eigenvalue weighted by Crippen LogP contribution is 2.31. The molecule has 0 saturated carbocycles. The van der Waals surface area contributed by atoms with Crippen LogP contribution in [0.1, 0.15) is 5.56 Å². The Morgan fingerprint density at radius 2 is 1.88 bits per heavy atom. The Morgan fingerprint density at radius 3 is 2.62 bits per heavy atom. The van der Waals surface area contributed by atoms with E-state index in [2.05, 4.69) is 15.0 Å². The number of aryl methyl sites for hydroxylation is 1. The van der Waals surface area contributed by atoms with Gasteiger partial charge in [0.1, 0.15) is 12.4 Å². The Hall–Kier alpha value is -2.66. The maximum absolute atomic E-state index is 5.93. The molecule has 0 unspecified atom stereocenters. The molecule has 2 aromatic carbocycles. The predicted octanol–water partition coefficient (Wildman–Crippen LogP) is 3.65. The molecule has 0 aliphatic rings. The molecular weight excluding hydrogens is 302 g/mol. The van der Waals surface area contributed by atoms with Gasteiger partial charge >= 0.3 is 0 Å². The van der Waals surface area contributed by atoms with Crippen molar-refractivity contribution in [3.05, 3.63) is 54.1 Å². The van der Waals surface area contributed by atoms with Gasteiger partial charge in [-0.05, 0) is 38.7 Å². The first-order chi connectivity index (χ1) is 11.6. The lowest BCUT2D eigenvalue weighted by molar-refractivity contribution is 0.261. The van der Waals surface area contributed by atoms with Crippen molar-refractivity contribution in [1.29, 1.82) is 0 Å². The van der Waals surface area contributed by atoms with E-state index in [1.54, 1.807) is 0 Å². The van der Waals surface area contributed by atoms with Crippen LogP contribution in [-0.2, 0) is 0 Å². The standard InChI is InChI=1S/C19H21N3O2/c1-14-9-10-16(17(13-14)23-12-11-22(2)3)19-20-18(21-24-19)15-7-5-4-6-8-15/h4-10,13H,11-12H2,1-3H3. The van der Waals surface area contributed by atoms with E-state index in [9.17, 15) is 0 Å². The Morgan fingerprint density at radius 1 is 1.08 bits per heavy atom. The highest BCUT2D eigenvalue weighted by Gasteiger charge is 2.15. The molecule has 0 aliphatic carbocycles. The van der Waals surface area contributed by atoms with Crippen LogP contribution in [0.4, 0.5) is 0 Å². The first-order valence-corrected chi connectivity index (χ1v) is 7.91. The molecule has 0 aliphatic heterocycles. The average Bonchev–Trinajstić information content (AvgIpc) is 3.05. The fourth-order valence-electron chi connectivity index (χ4n) is 2.30. The molecule has 0 N–H and O–H groups in total. The van der Waals surface area contributed by atoms with Crippen LogP contribution in [0.2, 0.25) is 0 Å². The Balaban J connectivity index is 1.87. The van der Waals surface area contributed by atoms with E-state index in [0.717, 1.165) is 29.0 Å². The van der Waals surface area contributed by atoms with E-state index in [4.69, 9.17) is 9.26 Å². The minimum atomic E-state index is 0.466. The van der Waals surface area contributed by atoms with Crippen molar-refractivity contribution in [1.82, 2.24) is 15.0 Å². The third-order valence-corrected chi connectivity index (χ3v) is 3.62. The van der Waals surface area contributed by atoms with Crippen LogP contribution < -0.4 is 4.74 Å². The molecule has 124 valence electrons. The summed E-state index contributed by atoms with van der Waals surface area (Å²) >= 11 is 0. The molecule has 3 aromatic rings. The first-order valence-electron chi connectivity index (χ1n) is 7.91. The minimum Gasteiger partial charge on any atom is -0.491 e. The summed E-state index contributed by atoms with van der Waals surface area (Å²) in [6.07, 6.45) is 0. The van der Waals surface area contributed by atoms with E-state index >= 15 is 0 Å². The number of nitrogens with zero attached hydrogens (tertiary/aromatic N) is 3. The van der Waals surface area contributed by atoms with E-state index in [-0.39, 0.29) is 0 Å². The maximum Gasteiger partial charge on any atom is 0.262 e. The van der Waals surface area contributed by atoms with Crippen molar-refractivity contribution in [2.24, 2.45) is 0 Å². The van der Waals surface area contributed by atoms with E-state index in [1.807, 2.05) is 69.6 Å². The molecular formula is C19H21N3O2. The van der Waals surface area contributed by atoms with Crippen LogP contribution in [-0.4, -0.2) is 42.3 Å². The van der Waals surface area contributed by atoms with Gasteiger partial charge < -0.3 is 14.2 Å². The molecule has 24 heavy (non-hydrogen) atoms. The SMILES string of the molecule is Cc1ccc(-c2nc(-c3ccccc3)no2)c(OCCN(C)C)c1. The number of hydrogen-bond acceptors (Lipinski definition) is 5. The second-order valence-electron chi connectivity index (χ2n) is 5.94. The fraction of sp³-hybridized carbons (Fsp3) is 0.263. The molecule has 3 rings (SSSR count). The van der Waals surface area contributed by atoms with Crippen LogP contribution in [0.15, 0.2) is 53.1 Å². The molecule has 0 radical (unpaired) electrons. The lowest BCUT2D eigenvalue weighted by Crippen LogP contribution is -2.19. The average molecular weight is 323 g/mol. The van der Waals surface area contributed by atoms with Gasteiger partial charge in [0.2, 0.25) is 5.82 Å². The van der Waals surface area contributed by atoms with Gasteiger partial charge in [-0.2, -0.15) is 4.98 Å². The zero-order valence-electron chi connectivity index (χ0n) is 14.2. The van der Waals surface area contributed by atoms with E-state index in [0.29, 0.717) is 18.3 Å². The summed E-state index contributed by atoms with van der Waals surface area (Å²) in [5, 5.41) is 4.08. The second-order valence-corrected chi connectivity index (χ2v) is 5.94. The summed E-state index contributed by atoms with van der Waals surface area (Å²) in [6, 6.07) is 15.7. The van der Waals surface area contributed by atoms with Gasteiger partial charge in [-0.1, -0.05) is 41.6 Å². The summed E-state index contributed by atoms with van der Waals surface area (Å²) in [4.78, 5) is 6.60. The topological polar surface area (TPSA) is 51.4 Å². The lowest BCUT2D eigenvalue weighted by Gasteiger charge is -2.13. The highest BCUT2D eigenvalue weighted by molar-refractivity contribution is 5.65. The molecule has 0 amide bonds. The molecule has 0 fully saturated rings. The lowest BCUT2D eigenvalue weighted by atomic mass is 10.1. The molecule has 5 nitrogen and oxygen atoms in total. The number of hydrogen-bond donors (Lipinski definition) is 0. The van der Waals surface area contributed by atoms with Crippen molar-refractivity contribution in [3.8, 4) is 28.6 Å². The van der Waals surface area contributed by atoms with Crippen molar-refractivity contribution < 1.29 is 9.26 Å². The normalized spacial score (nSPS) is 11.0. The molecule has 1 aromatic heterocycles. The third-order valence-electron chi connectivity index (χ3n) is 3.62. The molecule has 5 heteroatoms. The van der Waals surface area contributed by atoms with Crippen molar-refractivity contribution >= 4 is 0 Å². The third kappa shape index (κ3) is 3.81. The van der Waals surface area contributed by atoms with Crippen molar-refractivity contribution in [2.75, 3.05) is 27.2 Å². The molecule has 0 atom stereocenters. The first kappa shape index (κ1) is 16.2. The van der Waals surface area contributed by atoms with Crippen molar-refractivity contribution in [2.45, 2.75) is 6.92 Å². The minimum absolute atomic E-state index is 0.466. The van der Waals surface area contributed by atoms with Crippen LogP contribution in [0, 0.1) is 6.92 Å². The smallest absolute Gasteiger partial charge is 0.262 e. The molecule has 0 spiro atoms. The second kappa shape index (κ2) is 7.27. The van der Waals surface area contributed by atoms with Crippen LogP contribution in [0.5, 0.6) is 5.75 Å². The summed E-state index contributed by atoms with van der Waals surface area (Å²) < 4.78 is 11.4. The van der Waals surface area contributed by atoms with Crippen LogP contribution >= 0.6 is 0 Å². The van der Waals surface area contributed by atoms with Gasteiger partial charge in [0.25, 0.3) is 5.89 Å². The van der Waals surface area contributed by atoms with Gasteiger partial charge in [-0.15, -0.1) is 0 Å². The number of ether oxygens (including phenoxy) is 1. The van der Waals surface area contributed by atoms with Gasteiger partial charge in [0.05, 0.1) is 5.56 Å². The quantitative estimate of drug-likeness (QED) is 0.693. The maximum atomic E-state index is 5.93.